The van der Waals surface area contributed by atoms with E-state index in [9.17, 15) is 29.4 Å². The normalized spacial score (nSPS) is 32.8. The molecule has 0 aromatic heterocycles. The molecule has 13 nitrogen and oxygen atoms in total. The number of carbonyl (C=O) groups is 4. The number of benzene rings is 1. The lowest BCUT2D eigenvalue weighted by atomic mass is 9.83. The van der Waals surface area contributed by atoms with Crippen LogP contribution in [0.15, 0.2) is 35.9 Å². The van der Waals surface area contributed by atoms with Gasteiger partial charge in [-0.3, -0.25) is 14.9 Å². The molecule has 0 unspecified atom stereocenters. The number of carbonyl (C=O) groups excluding carboxylic acids is 4. The van der Waals surface area contributed by atoms with Gasteiger partial charge in [0.2, 0.25) is 11.8 Å². The van der Waals surface area contributed by atoms with E-state index < -0.39 is 65.7 Å². The van der Waals surface area contributed by atoms with Crippen molar-refractivity contribution >= 4 is 53.8 Å². The number of nitrogens with one attached hydrogen (secondary N) is 1. The van der Waals surface area contributed by atoms with Crippen LogP contribution in [-0.4, -0.2) is 108 Å². The number of epoxide rings is 1. The highest BCUT2D eigenvalue weighted by Crippen LogP contribution is 2.49. The molecular weight excluding hydrogens is 678 g/mol. The van der Waals surface area contributed by atoms with Crippen molar-refractivity contribution in [2.45, 2.75) is 95.2 Å². The van der Waals surface area contributed by atoms with Crippen molar-refractivity contribution in [3.8, 4) is 5.75 Å². The van der Waals surface area contributed by atoms with Crippen molar-refractivity contribution in [1.82, 2.24) is 10.2 Å². The van der Waals surface area contributed by atoms with Crippen LogP contribution in [0, 0.1) is 5.92 Å². The third-order valence-electron chi connectivity index (χ3n) is 9.62. The number of hydrogen-bond acceptors (Lipinski definition) is 11. The molecule has 1 aromatic rings. The minimum Gasteiger partial charge on any atom is -0.495 e. The molecule has 49 heavy (non-hydrogen) atoms. The standard InChI is InChI=1S/C34H46ClN3O10S/c1-18-9-8-10-25(39)34(44)17-24(46-32(43)36-34)19(2)30-33(4,48-30)26(47-31(42)20(3)37(5)27(40)11-12-49)16-28(41)38(6)22-14-21(13-18)15-23(45-7)29(22)35/h8-10,14-15,19-20,24-26,30,39,44,49H,11-13,16-17H2,1-7H3,(H,36,43)/b10-8+,18-9+/t19-,20+,24+,25-,26+,30+,33+,34+/m1/s1. The molecule has 3 aliphatic heterocycles. The van der Waals surface area contributed by atoms with E-state index in [-0.39, 0.29) is 30.2 Å². The largest absolute Gasteiger partial charge is 0.495 e. The van der Waals surface area contributed by atoms with Crippen molar-refractivity contribution in [1.29, 1.82) is 0 Å². The Bertz CT molecular complexity index is 1520. The molecule has 270 valence electrons. The molecule has 0 spiro atoms. The number of methoxy groups -OCH3 is 1. The summed E-state index contributed by atoms with van der Waals surface area (Å²) in [5.41, 5.74) is -1.28. The summed E-state index contributed by atoms with van der Waals surface area (Å²) in [6, 6.07) is 2.53. The number of esters is 1. The van der Waals surface area contributed by atoms with Gasteiger partial charge in [0.1, 0.15) is 40.7 Å². The van der Waals surface area contributed by atoms with Crippen molar-refractivity contribution in [2.75, 3.05) is 31.9 Å². The molecule has 0 radical (unpaired) electrons. The van der Waals surface area contributed by atoms with E-state index in [1.807, 2.05) is 6.92 Å². The Morgan fingerprint density at radius 2 is 2.00 bits per heavy atom. The first-order valence-corrected chi connectivity index (χ1v) is 17.1. The first-order valence-electron chi connectivity index (χ1n) is 16.1. The van der Waals surface area contributed by atoms with Crippen molar-refractivity contribution in [2.24, 2.45) is 5.92 Å². The number of ether oxygens (including phenoxy) is 4. The fourth-order valence-corrected chi connectivity index (χ4v) is 6.73. The fourth-order valence-electron chi connectivity index (χ4n) is 6.23. The van der Waals surface area contributed by atoms with Gasteiger partial charge in [0.05, 0.1) is 25.3 Å². The molecule has 3 N–H and O–H groups in total. The molecule has 3 heterocycles. The van der Waals surface area contributed by atoms with Gasteiger partial charge in [-0.2, -0.15) is 12.6 Å². The number of aliphatic hydroxyl groups is 2. The Morgan fingerprint density at radius 1 is 1.31 bits per heavy atom. The molecule has 2 saturated heterocycles. The van der Waals surface area contributed by atoms with Gasteiger partial charge in [-0.1, -0.05) is 42.3 Å². The number of likely N-dealkylation sites (N-methyl/N-ethyl adjacent to an activating group) is 1. The molecule has 8 atom stereocenters. The number of alkyl carbamates (subject to hydrolysis) is 1. The maximum atomic E-state index is 14.0. The van der Waals surface area contributed by atoms with Gasteiger partial charge in [-0.05, 0) is 50.6 Å². The number of fused-ring (bicyclic) bond motifs is 5. The van der Waals surface area contributed by atoms with Crippen LogP contribution >= 0.6 is 24.2 Å². The fraction of sp³-hybridized carbons (Fsp3) is 0.588. The topological polar surface area (TPSA) is 167 Å². The Hall–Kier alpha value is -3.30. The summed E-state index contributed by atoms with van der Waals surface area (Å²) >= 11 is 10.8. The SMILES string of the molecule is COc1cc2cc(c1Cl)N(C)C(=O)C[C@H](OC(=O)[C@H](C)N(C)C(=O)CCS)[C@]1(C)O[C@H]1[C@H](C)[C@@H]1C[C@@](O)(NC(=O)O1)[C@H](O)/C=C/C=C(\C)C2. The third-order valence-corrected chi connectivity index (χ3v) is 10.2. The maximum Gasteiger partial charge on any atom is 0.409 e. The van der Waals surface area contributed by atoms with Gasteiger partial charge < -0.3 is 39.0 Å². The number of halogens is 1. The molecule has 2 fully saturated rings. The summed E-state index contributed by atoms with van der Waals surface area (Å²) in [5, 5.41) is 24.9. The van der Waals surface area contributed by atoms with Crippen LogP contribution in [0.3, 0.4) is 0 Å². The third kappa shape index (κ3) is 8.37. The highest BCUT2D eigenvalue weighted by Gasteiger charge is 2.64. The highest BCUT2D eigenvalue weighted by atomic mass is 35.5. The average Bonchev–Trinajstić information content (AvgIpc) is 3.74. The first kappa shape index (κ1) is 38.5. The summed E-state index contributed by atoms with van der Waals surface area (Å²) in [7, 11) is 4.51. The summed E-state index contributed by atoms with van der Waals surface area (Å²) in [4.78, 5) is 55.3. The minimum atomic E-state index is -2.05. The number of aliphatic hydroxyl groups excluding tert-OH is 1. The number of nitrogens with zero attached hydrogens (tertiary/aromatic N) is 2. The van der Waals surface area contributed by atoms with E-state index in [0.717, 1.165) is 11.1 Å². The van der Waals surface area contributed by atoms with E-state index in [2.05, 4.69) is 17.9 Å². The maximum absolute atomic E-state index is 14.0. The zero-order valence-electron chi connectivity index (χ0n) is 28.8. The molecule has 0 aliphatic carbocycles. The monoisotopic (exact) mass is 723 g/mol. The molecule has 3 aliphatic rings. The minimum absolute atomic E-state index is 0.120. The lowest BCUT2D eigenvalue weighted by Gasteiger charge is -2.41. The molecule has 3 amide bonds. The van der Waals surface area contributed by atoms with Crippen LogP contribution in [0.1, 0.15) is 52.5 Å². The lowest BCUT2D eigenvalue weighted by molar-refractivity contribution is -0.161. The lowest BCUT2D eigenvalue weighted by Crippen LogP contribution is -2.63. The number of anilines is 1. The Labute approximate surface area is 296 Å². The highest BCUT2D eigenvalue weighted by molar-refractivity contribution is 7.80. The Kier molecular flexibility index (Phi) is 12.0. The van der Waals surface area contributed by atoms with E-state index >= 15 is 0 Å². The molecule has 1 aromatic carbocycles. The second kappa shape index (κ2) is 15.3. The Morgan fingerprint density at radius 3 is 2.65 bits per heavy atom. The number of thiol groups is 1. The van der Waals surface area contributed by atoms with Crippen LogP contribution in [0.25, 0.3) is 0 Å². The van der Waals surface area contributed by atoms with E-state index in [0.29, 0.717) is 23.6 Å². The molecule has 0 saturated carbocycles. The summed E-state index contributed by atoms with van der Waals surface area (Å²) < 4.78 is 23.2. The van der Waals surface area contributed by atoms with Gasteiger partial charge in [0.15, 0.2) is 5.72 Å². The van der Waals surface area contributed by atoms with Crippen LogP contribution in [-0.2, 0) is 35.0 Å². The second-order valence-corrected chi connectivity index (χ2v) is 14.0. The number of rotatable bonds is 6. The second-order valence-electron chi connectivity index (χ2n) is 13.2. The molecule has 4 bridgehead atoms. The quantitative estimate of drug-likeness (QED) is 0.195. The van der Waals surface area contributed by atoms with E-state index in [1.54, 1.807) is 45.2 Å². The zero-order valence-corrected chi connectivity index (χ0v) is 30.4. The summed E-state index contributed by atoms with van der Waals surface area (Å²) in [6.45, 7) is 6.82. The van der Waals surface area contributed by atoms with Gasteiger partial charge >= 0.3 is 12.1 Å². The van der Waals surface area contributed by atoms with Gasteiger partial charge in [-0.15, -0.1) is 0 Å². The molecule has 4 rings (SSSR count). The van der Waals surface area contributed by atoms with E-state index in [1.165, 1.54) is 37.0 Å². The van der Waals surface area contributed by atoms with Crippen molar-refractivity contribution < 1.29 is 48.3 Å². The number of allylic oxidation sites excluding steroid dienone is 3. The van der Waals surface area contributed by atoms with Crippen LogP contribution < -0.4 is 15.0 Å². The van der Waals surface area contributed by atoms with Gasteiger partial charge in [0.25, 0.3) is 0 Å². The number of hydrogen-bond donors (Lipinski definition) is 4. The first-order chi connectivity index (χ1) is 22.9. The molecular formula is C34H46ClN3O10S. The van der Waals surface area contributed by atoms with Crippen molar-refractivity contribution in [3.05, 3.63) is 46.5 Å². The number of amides is 3. The smallest absolute Gasteiger partial charge is 0.409 e. The zero-order chi connectivity index (χ0) is 36.4. The predicted molar refractivity (Wildman–Crippen MR) is 185 cm³/mol. The van der Waals surface area contributed by atoms with Crippen LogP contribution in [0.4, 0.5) is 10.5 Å². The average molecular weight is 724 g/mol. The summed E-state index contributed by atoms with van der Waals surface area (Å²) in [6.07, 6.45) is -0.448. The van der Waals surface area contributed by atoms with Gasteiger partial charge in [-0.25, -0.2) is 9.59 Å². The predicted octanol–water partition coefficient (Wildman–Crippen LogP) is 3.18. The van der Waals surface area contributed by atoms with Crippen LogP contribution in [0.5, 0.6) is 5.75 Å². The van der Waals surface area contributed by atoms with Gasteiger partial charge in [0, 0.05) is 32.9 Å². The van der Waals surface area contributed by atoms with Crippen LogP contribution in [0.2, 0.25) is 5.02 Å². The molecule has 15 heteroatoms. The Balaban J connectivity index is 1.76. The van der Waals surface area contributed by atoms with E-state index in [4.69, 9.17) is 30.5 Å². The summed E-state index contributed by atoms with van der Waals surface area (Å²) in [5.74, 6) is -1.44. The van der Waals surface area contributed by atoms with Crippen molar-refractivity contribution in [3.63, 3.8) is 0 Å².